The highest BCUT2D eigenvalue weighted by Gasteiger charge is 2.37. The molecule has 0 aromatic carbocycles. The van der Waals surface area contributed by atoms with Crippen molar-refractivity contribution < 1.29 is 9.90 Å². The van der Waals surface area contributed by atoms with E-state index in [-0.39, 0.29) is 0 Å². The van der Waals surface area contributed by atoms with Gasteiger partial charge in [-0.15, -0.1) is 0 Å². The highest BCUT2D eigenvalue weighted by molar-refractivity contribution is 5.78. The summed E-state index contributed by atoms with van der Waals surface area (Å²) in [7, 11) is 0. The first-order valence-electron chi connectivity index (χ1n) is 8.06. The largest absolute Gasteiger partial charge is 0.480 e. The molecule has 4 nitrogen and oxygen atoms in total. The molecule has 1 heterocycles. The Kier molecular flexibility index (Phi) is 6.46. The molecular formula is C16H32N2O2. The minimum atomic E-state index is -0.824. The fourth-order valence-corrected chi connectivity index (χ4v) is 3.33. The van der Waals surface area contributed by atoms with E-state index in [9.17, 15) is 9.90 Å². The van der Waals surface area contributed by atoms with Crippen LogP contribution in [0.5, 0.6) is 0 Å². The van der Waals surface area contributed by atoms with Crippen LogP contribution >= 0.6 is 0 Å². The number of hydrogen-bond acceptors (Lipinski definition) is 3. The number of carbonyl (C=O) groups is 1. The number of piperidine rings is 1. The standard InChI is InChI=1S/C16H32N2O2/c1-6-9-17-16(5,15(19)20)11-13(3)18-10-7-8-12(2)14(18)4/h12-14,17H,6-11H2,1-5H3,(H,19,20). The lowest BCUT2D eigenvalue weighted by Gasteiger charge is -2.43. The molecule has 0 saturated carbocycles. The third kappa shape index (κ3) is 4.19. The maximum absolute atomic E-state index is 11.6. The highest BCUT2D eigenvalue weighted by atomic mass is 16.4. The Morgan fingerprint density at radius 1 is 1.50 bits per heavy atom. The van der Waals surface area contributed by atoms with E-state index in [0.717, 1.165) is 19.5 Å². The van der Waals surface area contributed by atoms with Gasteiger partial charge in [-0.1, -0.05) is 13.8 Å². The average Bonchev–Trinajstić information content (AvgIpc) is 2.39. The lowest BCUT2D eigenvalue weighted by atomic mass is 9.87. The number of carboxylic acid groups (broad SMARTS) is 1. The second kappa shape index (κ2) is 7.41. The summed E-state index contributed by atoms with van der Waals surface area (Å²) in [6.07, 6.45) is 4.12. The first-order valence-corrected chi connectivity index (χ1v) is 8.06. The molecule has 0 aliphatic carbocycles. The van der Waals surface area contributed by atoms with Gasteiger partial charge in [0.25, 0.3) is 0 Å². The maximum Gasteiger partial charge on any atom is 0.323 e. The van der Waals surface area contributed by atoms with E-state index in [2.05, 4.69) is 37.9 Å². The number of nitrogens with zero attached hydrogens (tertiary/aromatic N) is 1. The zero-order valence-electron chi connectivity index (χ0n) is 13.8. The molecule has 4 unspecified atom stereocenters. The molecule has 0 amide bonds. The van der Waals surface area contributed by atoms with Crippen molar-refractivity contribution in [3.63, 3.8) is 0 Å². The lowest BCUT2D eigenvalue weighted by Crippen LogP contribution is -2.56. The van der Waals surface area contributed by atoms with Crippen molar-refractivity contribution in [3.05, 3.63) is 0 Å². The summed E-state index contributed by atoms with van der Waals surface area (Å²) < 4.78 is 0. The molecular weight excluding hydrogens is 252 g/mol. The van der Waals surface area contributed by atoms with Gasteiger partial charge in [-0.3, -0.25) is 9.69 Å². The number of rotatable bonds is 7. The Morgan fingerprint density at radius 2 is 2.15 bits per heavy atom. The van der Waals surface area contributed by atoms with Crippen LogP contribution in [-0.4, -0.2) is 46.7 Å². The average molecular weight is 284 g/mol. The van der Waals surface area contributed by atoms with Crippen molar-refractivity contribution in [2.45, 2.75) is 77.9 Å². The fourth-order valence-electron chi connectivity index (χ4n) is 3.33. The molecule has 1 fully saturated rings. The molecule has 0 aromatic rings. The molecule has 2 N–H and O–H groups in total. The highest BCUT2D eigenvalue weighted by Crippen LogP contribution is 2.27. The lowest BCUT2D eigenvalue weighted by molar-refractivity contribution is -0.145. The van der Waals surface area contributed by atoms with E-state index in [1.54, 1.807) is 0 Å². The summed E-state index contributed by atoms with van der Waals surface area (Å²) in [5, 5.41) is 12.8. The second-order valence-electron chi connectivity index (χ2n) is 6.72. The van der Waals surface area contributed by atoms with Crippen LogP contribution in [0, 0.1) is 5.92 Å². The molecule has 0 radical (unpaired) electrons. The zero-order chi connectivity index (χ0) is 15.3. The molecule has 4 atom stereocenters. The van der Waals surface area contributed by atoms with Gasteiger partial charge < -0.3 is 10.4 Å². The van der Waals surface area contributed by atoms with Crippen LogP contribution in [0.1, 0.15) is 60.3 Å². The van der Waals surface area contributed by atoms with Gasteiger partial charge in [0.05, 0.1) is 0 Å². The van der Waals surface area contributed by atoms with Gasteiger partial charge in [0, 0.05) is 12.1 Å². The predicted molar refractivity (Wildman–Crippen MR) is 83.0 cm³/mol. The smallest absolute Gasteiger partial charge is 0.323 e. The van der Waals surface area contributed by atoms with E-state index in [1.807, 2.05) is 6.92 Å². The number of nitrogens with one attached hydrogen (secondary N) is 1. The van der Waals surface area contributed by atoms with Gasteiger partial charge in [0.1, 0.15) is 5.54 Å². The maximum atomic E-state index is 11.6. The molecule has 0 spiro atoms. The van der Waals surface area contributed by atoms with Gasteiger partial charge in [-0.05, 0) is 65.5 Å². The summed E-state index contributed by atoms with van der Waals surface area (Å²) >= 11 is 0. The van der Waals surface area contributed by atoms with Crippen LogP contribution in [0.4, 0.5) is 0 Å². The van der Waals surface area contributed by atoms with Crippen LogP contribution in [0.2, 0.25) is 0 Å². The Morgan fingerprint density at radius 3 is 2.70 bits per heavy atom. The Bertz CT molecular complexity index is 322. The first kappa shape index (κ1) is 17.4. The van der Waals surface area contributed by atoms with Crippen LogP contribution in [0.25, 0.3) is 0 Å². The summed E-state index contributed by atoms with van der Waals surface area (Å²) in [5.41, 5.74) is -0.824. The Labute approximate surface area is 123 Å². The predicted octanol–water partition coefficient (Wildman–Crippen LogP) is 2.73. The molecule has 118 valence electrons. The quantitative estimate of drug-likeness (QED) is 0.755. The number of likely N-dealkylation sites (tertiary alicyclic amines) is 1. The van der Waals surface area contributed by atoms with Crippen LogP contribution in [0.15, 0.2) is 0 Å². The summed E-state index contributed by atoms with van der Waals surface area (Å²) in [5.74, 6) is -0.0404. The fraction of sp³-hybridized carbons (Fsp3) is 0.938. The van der Waals surface area contributed by atoms with E-state index in [4.69, 9.17) is 0 Å². The Hall–Kier alpha value is -0.610. The first-order chi connectivity index (χ1) is 9.31. The summed E-state index contributed by atoms with van der Waals surface area (Å²) in [6.45, 7) is 12.5. The van der Waals surface area contributed by atoms with Crippen LogP contribution < -0.4 is 5.32 Å². The van der Waals surface area contributed by atoms with Crippen LogP contribution in [-0.2, 0) is 4.79 Å². The third-order valence-corrected chi connectivity index (χ3v) is 4.93. The van der Waals surface area contributed by atoms with Crippen molar-refractivity contribution in [2.24, 2.45) is 5.92 Å². The molecule has 0 aromatic heterocycles. The number of aliphatic carboxylic acids is 1. The van der Waals surface area contributed by atoms with E-state index < -0.39 is 11.5 Å². The van der Waals surface area contributed by atoms with Gasteiger partial charge in [-0.25, -0.2) is 0 Å². The molecule has 1 saturated heterocycles. The van der Waals surface area contributed by atoms with Crippen molar-refractivity contribution in [1.82, 2.24) is 10.2 Å². The minimum absolute atomic E-state index is 0.290. The van der Waals surface area contributed by atoms with Gasteiger partial charge in [0.15, 0.2) is 0 Å². The van der Waals surface area contributed by atoms with Crippen LogP contribution in [0.3, 0.4) is 0 Å². The zero-order valence-corrected chi connectivity index (χ0v) is 13.8. The minimum Gasteiger partial charge on any atom is -0.480 e. The second-order valence-corrected chi connectivity index (χ2v) is 6.72. The molecule has 1 aliphatic heterocycles. The van der Waals surface area contributed by atoms with Gasteiger partial charge in [-0.2, -0.15) is 0 Å². The normalized spacial score (nSPS) is 28.9. The monoisotopic (exact) mass is 284 g/mol. The summed E-state index contributed by atoms with van der Waals surface area (Å²) in [4.78, 5) is 14.1. The molecule has 1 rings (SSSR count). The topological polar surface area (TPSA) is 52.6 Å². The van der Waals surface area contributed by atoms with Gasteiger partial charge >= 0.3 is 5.97 Å². The van der Waals surface area contributed by atoms with Gasteiger partial charge in [0.2, 0.25) is 0 Å². The molecule has 4 heteroatoms. The van der Waals surface area contributed by atoms with Crippen molar-refractivity contribution in [1.29, 1.82) is 0 Å². The summed E-state index contributed by atoms with van der Waals surface area (Å²) in [6, 6.07) is 0.834. The molecule has 1 aliphatic rings. The van der Waals surface area contributed by atoms with E-state index >= 15 is 0 Å². The third-order valence-electron chi connectivity index (χ3n) is 4.93. The van der Waals surface area contributed by atoms with E-state index in [0.29, 0.717) is 24.4 Å². The van der Waals surface area contributed by atoms with E-state index in [1.165, 1.54) is 12.8 Å². The number of hydrogen-bond donors (Lipinski definition) is 2. The number of carboxylic acids is 1. The van der Waals surface area contributed by atoms with Crippen molar-refractivity contribution in [3.8, 4) is 0 Å². The van der Waals surface area contributed by atoms with Crippen molar-refractivity contribution >= 4 is 5.97 Å². The molecule has 0 bridgehead atoms. The Balaban J connectivity index is 2.70. The SMILES string of the molecule is CCCNC(C)(CC(C)N1CCCC(C)C1C)C(=O)O. The van der Waals surface area contributed by atoms with Crippen molar-refractivity contribution in [2.75, 3.05) is 13.1 Å². The molecule has 20 heavy (non-hydrogen) atoms.